The number of aliphatic hydroxyl groups is 1. The van der Waals surface area contributed by atoms with Crippen LogP contribution < -0.4 is 4.74 Å². The fraction of sp³-hybridized carbons (Fsp3) is 0.273. The Morgan fingerprint density at radius 2 is 2.29 bits per heavy atom. The van der Waals surface area contributed by atoms with Crippen LogP contribution in [0.5, 0.6) is 5.75 Å². The zero-order valence-corrected chi connectivity index (χ0v) is 10.9. The Hall–Kier alpha value is -1.40. The molecule has 1 aromatic carbocycles. The van der Waals surface area contributed by atoms with Crippen LogP contribution in [0.4, 0.5) is 0 Å². The van der Waals surface area contributed by atoms with E-state index in [1.54, 1.807) is 18.0 Å². The summed E-state index contributed by atoms with van der Waals surface area (Å²) in [6.07, 6.45) is 1.71. The number of methoxy groups -OCH3 is 1. The van der Waals surface area contributed by atoms with Gasteiger partial charge in [-0.15, -0.1) is 5.10 Å². The zero-order valence-electron chi connectivity index (χ0n) is 9.30. The molecule has 0 bridgehead atoms. The van der Waals surface area contributed by atoms with E-state index in [9.17, 15) is 0 Å². The average Bonchev–Trinajstić information content (AvgIpc) is 2.80. The lowest BCUT2D eigenvalue weighted by molar-refractivity contribution is 0.276. The summed E-state index contributed by atoms with van der Waals surface area (Å²) in [5.74, 6) is 0.797. The minimum absolute atomic E-state index is 0.0979. The summed E-state index contributed by atoms with van der Waals surface area (Å²) in [5.41, 5.74) is 1.60. The van der Waals surface area contributed by atoms with Gasteiger partial charge in [-0.1, -0.05) is 21.1 Å². The predicted octanol–water partition coefficient (Wildman–Crippen LogP) is 1.59. The lowest BCUT2D eigenvalue weighted by atomic mass is 10.2. The summed E-state index contributed by atoms with van der Waals surface area (Å²) >= 11 is 3.47. The van der Waals surface area contributed by atoms with Crippen molar-refractivity contribution in [3.63, 3.8) is 0 Å². The van der Waals surface area contributed by atoms with Crippen LogP contribution in [0.15, 0.2) is 28.9 Å². The number of aliphatic hydroxyl groups excluding tert-OH is 1. The third-order valence-corrected chi connectivity index (χ3v) is 3.11. The first-order valence-electron chi connectivity index (χ1n) is 5.05. The molecule has 0 saturated heterocycles. The van der Waals surface area contributed by atoms with Gasteiger partial charge in [0.15, 0.2) is 0 Å². The highest BCUT2D eigenvalue weighted by atomic mass is 79.9. The summed E-state index contributed by atoms with van der Waals surface area (Å²) in [6.45, 7) is 0.476. The molecule has 2 rings (SSSR count). The van der Waals surface area contributed by atoms with Gasteiger partial charge in [0.2, 0.25) is 0 Å². The molecule has 0 saturated carbocycles. The molecule has 0 fully saturated rings. The summed E-state index contributed by atoms with van der Waals surface area (Å²) < 4.78 is 7.83. The van der Waals surface area contributed by atoms with E-state index in [0.29, 0.717) is 12.2 Å². The quantitative estimate of drug-likeness (QED) is 0.931. The van der Waals surface area contributed by atoms with E-state index in [-0.39, 0.29) is 6.61 Å². The van der Waals surface area contributed by atoms with Crippen LogP contribution in [0, 0.1) is 0 Å². The van der Waals surface area contributed by atoms with Crippen molar-refractivity contribution in [2.75, 3.05) is 7.11 Å². The Morgan fingerprint density at radius 3 is 2.94 bits per heavy atom. The molecular formula is C11H12BrN3O2. The first kappa shape index (κ1) is 12.1. The Balaban J connectivity index is 2.22. The molecule has 1 N–H and O–H groups in total. The van der Waals surface area contributed by atoms with Gasteiger partial charge >= 0.3 is 0 Å². The van der Waals surface area contributed by atoms with Gasteiger partial charge in [-0.05, 0) is 23.8 Å². The Kier molecular flexibility index (Phi) is 3.75. The molecule has 0 unspecified atom stereocenters. The van der Waals surface area contributed by atoms with Crippen LogP contribution in [-0.2, 0) is 13.2 Å². The van der Waals surface area contributed by atoms with Crippen molar-refractivity contribution < 1.29 is 9.84 Å². The number of halogens is 1. The van der Waals surface area contributed by atoms with Crippen molar-refractivity contribution in [2.45, 2.75) is 13.2 Å². The zero-order chi connectivity index (χ0) is 12.3. The molecular weight excluding hydrogens is 286 g/mol. The Bertz CT molecular complexity index is 513. The van der Waals surface area contributed by atoms with E-state index in [0.717, 1.165) is 15.8 Å². The third kappa shape index (κ3) is 2.83. The normalized spacial score (nSPS) is 10.5. The van der Waals surface area contributed by atoms with Crippen LogP contribution in [0.25, 0.3) is 0 Å². The Labute approximate surface area is 107 Å². The van der Waals surface area contributed by atoms with Gasteiger partial charge < -0.3 is 9.84 Å². The highest BCUT2D eigenvalue weighted by Crippen LogP contribution is 2.23. The molecule has 90 valence electrons. The minimum Gasteiger partial charge on any atom is -0.497 e. The molecule has 6 heteroatoms. The van der Waals surface area contributed by atoms with Gasteiger partial charge in [-0.3, -0.25) is 0 Å². The molecule has 1 aromatic heterocycles. The number of rotatable bonds is 4. The molecule has 5 nitrogen and oxygen atoms in total. The number of nitrogens with zero attached hydrogens (tertiary/aromatic N) is 3. The van der Waals surface area contributed by atoms with Crippen LogP contribution in [0.3, 0.4) is 0 Å². The summed E-state index contributed by atoms with van der Waals surface area (Å²) in [5, 5.41) is 16.7. The smallest absolute Gasteiger partial charge is 0.119 e. The van der Waals surface area contributed by atoms with E-state index < -0.39 is 0 Å². The number of hydrogen-bond donors (Lipinski definition) is 1. The second-order valence-corrected chi connectivity index (χ2v) is 4.38. The molecule has 0 aliphatic rings. The summed E-state index contributed by atoms with van der Waals surface area (Å²) in [6, 6.07) is 5.75. The van der Waals surface area contributed by atoms with Gasteiger partial charge in [0.1, 0.15) is 11.4 Å². The molecule has 0 spiro atoms. The standard InChI is InChI=1S/C11H12BrN3O2/c1-17-10-2-3-11(12)8(4-10)5-15-6-9(7-16)13-14-15/h2-4,6,16H,5,7H2,1H3. The topological polar surface area (TPSA) is 60.2 Å². The first-order chi connectivity index (χ1) is 8.22. The van der Waals surface area contributed by atoms with Crippen LogP contribution in [-0.4, -0.2) is 27.2 Å². The molecule has 17 heavy (non-hydrogen) atoms. The predicted molar refractivity (Wildman–Crippen MR) is 65.7 cm³/mol. The van der Waals surface area contributed by atoms with Crippen molar-refractivity contribution in [1.82, 2.24) is 15.0 Å². The highest BCUT2D eigenvalue weighted by Gasteiger charge is 2.05. The molecule has 0 aliphatic carbocycles. The van der Waals surface area contributed by atoms with Crippen molar-refractivity contribution >= 4 is 15.9 Å². The average molecular weight is 298 g/mol. The van der Waals surface area contributed by atoms with Crippen LogP contribution in [0.2, 0.25) is 0 Å². The third-order valence-electron chi connectivity index (χ3n) is 2.33. The van der Waals surface area contributed by atoms with Gasteiger partial charge in [0.25, 0.3) is 0 Å². The second-order valence-electron chi connectivity index (χ2n) is 3.52. The maximum absolute atomic E-state index is 8.91. The molecule has 0 aliphatic heterocycles. The second kappa shape index (κ2) is 5.29. The van der Waals surface area contributed by atoms with Gasteiger partial charge in [-0.2, -0.15) is 0 Å². The monoisotopic (exact) mass is 297 g/mol. The first-order valence-corrected chi connectivity index (χ1v) is 5.84. The van der Waals surface area contributed by atoms with Crippen molar-refractivity contribution in [1.29, 1.82) is 0 Å². The molecule has 0 radical (unpaired) electrons. The van der Waals surface area contributed by atoms with Gasteiger partial charge in [0, 0.05) is 4.47 Å². The SMILES string of the molecule is COc1ccc(Br)c(Cn2cc(CO)nn2)c1. The highest BCUT2D eigenvalue weighted by molar-refractivity contribution is 9.10. The van der Waals surface area contributed by atoms with Crippen molar-refractivity contribution in [2.24, 2.45) is 0 Å². The fourth-order valence-electron chi connectivity index (χ4n) is 1.46. The lowest BCUT2D eigenvalue weighted by Crippen LogP contribution is -2.01. The number of aromatic nitrogens is 3. The van der Waals surface area contributed by atoms with Gasteiger partial charge in [0.05, 0.1) is 26.5 Å². The molecule has 0 amide bonds. The van der Waals surface area contributed by atoms with E-state index in [4.69, 9.17) is 9.84 Å². The van der Waals surface area contributed by atoms with E-state index in [2.05, 4.69) is 26.2 Å². The summed E-state index contributed by atoms with van der Waals surface area (Å²) in [7, 11) is 1.63. The number of hydrogen-bond acceptors (Lipinski definition) is 4. The van der Waals surface area contributed by atoms with Crippen LogP contribution >= 0.6 is 15.9 Å². The van der Waals surface area contributed by atoms with Crippen molar-refractivity contribution in [3.05, 3.63) is 40.1 Å². The van der Waals surface area contributed by atoms with E-state index in [1.807, 2.05) is 18.2 Å². The Morgan fingerprint density at radius 1 is 1.47 bits per heavy atom. The molecule has 2 aromatic rings. The van der Waals surface area contributed by atoms with Crippen molar-refractivity contribution in [3.8, 4) is 5.75 Å². The number of ether oxygens (including phenoxy) is 1. The molecule has 0 atom stereocenters. The number of benzene rings is 1. The van der Waals surface area contributed by atoms with E-state index >= 15 is 0 Å². The lowest BCUT2D eigenvalue weighted by Gasteiger charge is -2.06. The van der Waals surface area contributed by atoms with E-state index in [1.165, 1.54) is 0 Å². The minimum atomic E-state index is -0.0979. The molecule has 1 heterocycles. The maximum Gasteiger partial charge on any atom is 0.119 e. The maximum atomic E-state index is 8.91. The van der Waals surface area contributed by atoms with Gasteiger partial charge in [-0.25, -0.2) is 4.68 Å². The van der Waals surface area contributed by atoms with Crippen LogP contribution in [0.1, 0.15) is 11.3 Å². The fourth-order valence-corrected chi connectivity index (χ4v) is 1.83. The summed E-state index contributed by atoms with van der Waals surface area (Å²) in [4.78, 5) is 0. The largest absolute Gasteiger partial charge is 0.497 e.